The fraction of sp³-hybridized carbons (Fsp3) is 0.875. The first kappa shape index (κ1) is 9.86. The Balaban J connectivity index is 2.41. The van der Waals surface area contributed by atoms with Crippen LogP contribution in [0.15, 0.2) is 0 Å². The third kappa shape index (κ3) is 2.14. The van der Waals surface area contributed by atoms with Gasteiger partial charge in [0.2, 0.25) is 5.91 Å². The van der Waals surface area contributed by atoms with Gasteiger partial charge in [0.15, 0.2) is 0 Å². The molecular formula is C8H16N2OS. The zero-order valence-electron chi connectivity index (χ0n) is 7.62. The number of hydrogen-bond donors (Lipinski definition) is 1. The standard InChI is InChI=1S/C8H16N2OS/c1-6(9)8(11)10-4-3-7(5-10)12-2/h6-7H,3-5,9H2,1-2H3/t6-,7?/m1/s1. The van der Waals surface area contributed by atoms with Gasteiger partial charge in [-0.25, -0.2) is 0 Å². The smallest absolute Gasteiger partial charge is 0.239 e. The highest BCUT2D eigenvalue weighted by Crippen LogP contribution is 2.20. The Morgan fingerprint density at radius 1 is 1.75 bits per heavy atom. The van der Waals surface area contributed by atoms with Crippen molar-refractivity contribution in [3.05, 3.63) is 0 Å². The Kier molecular flexibility index (Phi) is 3.40. The van der Waals surface area contributed by atoms with Crippen LogP contribution < -0.4 is 5.73 Å². The summed E-state index contributed by atoms with van der Waals surface area (Å²) in [6.07, 6.45) is 3.20. The Morgan fingerprint density at radius 2 is 2.42 bits per heavy atom. The van der Waals surface area contributed by atoms with Crippen molar-refractivity contribution in [2.75, 3.05) is 19.3 Å². The van der Waals surface area contributed by atoms with Gasteiger partial charge in [0.25, 0.3) is 0 Å². The lowest BCUT2D eigenvalue weighted by Crippen LogP contribution is -2.40. The second-order valence-corrected chi connectivity index (χ2v) is 4.36. The third-order valence-electron chi connectivity index (χ3n) is 2.18. The van der Waals surface area contributed by atoms with Crippen molar-refractivity contribution >= 4 is 17.7 Å². The summed E-state index contributed by atoms with van der Waals surface area (Å²) in [6.45, 7) is 3.50. The number of hydrogen-bond acceptors (Lipinski definition) is 3. The Labute approximate surface area is 77.7 Å². The minimum atomic E-state index is -0.342. The first-order valence-electron chi connectivity index (χ1n) is 4.22. The predicted molar refractivity (Wildman–Crippen MR) is 52.1 cm³/mol. The zero-order valence-corrected chi connectivity index (χ0v) is 8.43. The third-order valence-corrected chi connectivity index (χ3v) is 3.23. The molecule has 1 amide bonds. The van der Waals surface area contributed by atoms with Gasteiger partial charge in [0.1, 0.15) is 0 Å². The molecule has 2 atom stereocenters. The van der Waals surface area contributed by atoms with Crippen molar-refractivity contribution in [3.63, 3.8) is 0 Å². The first-order chi connectivity index (χ1) is 5.65. The van der Waals surface area contributed by atoms with E-state index in [9.17, 15) is 4.79 Å². The van der Waals surface area contributed by atoms with Crippen molar-refractivity contribution < 1.29 is 4.79 Å². The Morgan fingerprint density at radius 3 is 2.83 bits per heavy atom. The minimum absolute atomic E-state index is 0.0894. The van der Waals surface area contributed by atoms with Crippen molar-refractivity contribution in [3.8, 4) is 0 Å². The zero-order chi connectivity index (χ0) is 9.14. The molecule has 1 heterocycles. The van der Waals surface area contributed by atoms with E-state index in [0.29, 0.717) is 5.25 Å². The van der Waals surface area contributed by atoms with Crippen molar-refractivity contribution in [1.82, 2.24) is 4.90 Å². The maximum Gasteiger partial charge on any atom is 0.239 e. The van der Waals surface area contributed by atoms with E-state index in [0.717, 1.165) is 19.5 Å². The van der Waals surface area contributed by atoms with Crippen LogP contribution in [0.2, 0.25) is 0 Å². The molecule has 1 aliphatic rings. The second-order valence-electron chi connectivity index (χ2n) is 3.22. The van der Waals surface area contributed by atoms with E-state index in [1.165, 1.54) is 0 Å². The highest BCUT2D eigenvalue weighted by molar-refractivity contribution is 7.99. The maximum atomic E-state index is 11.4. The summed E-state index contributed by atoms with van der Waals surface area (Å²) in [4.78, 5) is 13.3. The molecule has 0 spiro atoms. The predicted octanol–water partition coefficient (Wildman–Crippen LogP) is 0.297. The van der Waals surface area contributed by atoms with Crippen LogP contribution in [0.5, 0.6) is 0 Å². The molecule has 1 rings (SSSR count). The van der Waals surface area contributed by atoms with E-state index in [-0.39, 0.29) is 11.9 Å². The molecule has 1 aliphatic heterocycles. The lowest BCUT2D eigenvalue weighted by Gasteiger charge is -2.17. The summed E-state index contributed by atoms with van der Waals surface area (Å²) in [7, 11) is 0. The molecule has 0 radical (unpaired) electrons. The lowest BCUT2D eigenvalue weighted by molar-refractivity contribution is -0.131. The van der Waals surface area contributed by atoms with Gasteiger partial charge in [-0.05, 0) is 19.6 Å². The lowest BCUT2D eigenvalue weighted by atomic mass is 10.3. The molecule has 0 aromatic carbocycles. The van der Waals surface area contributed by atoms with Crippen LogP contribution in [0, 0.1) is 0 Å². The highest BCUT2D eigenvalue weighted by Gasteiger charge is 2.26. The number of rotatable bonds is 2. The highest BCUT2D eigenvalue weighted by atomic mass is 32.2. The molecule has 2 N–H and O–H groups in total. The fourth-order valence-electron chi connectivity index (χ4n) is 1.41. The molecule has 0 aromatic rings. The number of nitrogens with zero attached hydrogens (tertiary/aromatic N) is 1. The second kappa shape index (κ2) is 4.14. The van der Waals surface area contributed by atoms with Crippen molar-refractivity contribution in [2.24, 2.45) is 5.73 Å². The van der Waals surface area contributed by atoms with Gasteiger partial charge < -0.3 is 10.6 Å². The van der Waals surface area contributed by atoms with Crippen molar-refractivity contribution in [2.45, 2.75) is 24.6 Å². The van der Waals surface area contributed by atoms with Gasteiger partial charge in [-0.2, -0.15) is 11.8 Å². The molecule has 1 fully saturated rings. The average molecular weight is 188 g/mol. The van der Waals surface area contributed by atoms with Crippen LogP contribution in [-0.4, -0.2) is 41.4 Å². The quantitative estimate of drug-likeness (QED) is 0.678. The van der Waals surface area contributed by atoms with E-state index >= 15 is 0 Å². The van der Waals surface area contributed by atoms with Gasteiger partial charge in [0.05, 0.1) is 6.04 Å². The minimum Gasteiger partial charge on any atom is -0.340 e. The van der Waals surface area contributed by atoms with Crippen molar-refractivity contribution in [1.29, 1.82) is 0 Å². The summed E-state index contributed by atoms with van der Waals surface area (Å²) >= 11 is 1.83. The fourth-order valence-corrected chi connectivity index (χ4v) is 2.08. The van der Waals surface area contributed by atoms with E-state index in [1.807, 2.05) is 16.7 Å². The molecule has 12 heavy (non-hydrogen) atoms. The number of carbonyl (C=O) groups is 1. The normalized spacial score (nSPS) is 25.9. The van der Waals surface area contributed by atoms with Gasteiger partial charge >= 0.3 is 0 Å². The van der Waals surface area contributed by atoms with E-state index in [1.54, 1.807) is 6.92 Å². The molecule has 70 valence electrons. The summed E-state index contributed by atoms with van der Waals surface area (Å²) in [5.74, 6) is 0.0894. The number of carbonyl (C=O) groups excluding carboxylic acids is 1. The topological polar surface area (TPSA) is 46.3 Å². The largest absolute Gasteiger partial charge is 0.340 e. The van der Waals surface area contributed by atoms with Gasteiger partial charge in [-0.1, -0.05) is 0 Å². The Bertz CT molecular complexity index is 172. The summed E-state index contributed by atoms with van der Waals surface area (Å²) in [5.41, 5.74) is 5.50. The van der Waals surface area contributed by atoms with Crippen LogP contribution in [-0.2, 0) is 4.79 Å². The molecule has 0 aromatic heterocycles. The van der Waals surface area contributed by atoms with Gasteiger partial charge in [-0.15, -0.1) is 0 Å². The molecule has 1 saturated heterocycles. The summed E-state index contributed by atoms with van der Waals surface area (Å²) in [6, 6.07) is -0.342. The molecule has 4 heteroatoms. The van der Waals surface area contributed by atoms with Crippen LogP contribution in [0.25, 0.3) is 0 Å². The Hall–Kier alpha value is -0.220. The van der Waals surface area contributed by atoms with E-state index < -0.39 is 0 Å². The summed E-state index contributed by atoms with van der Waals surface area (Å²) in [5, 5.41) is 0.618. The van der Waals surface area contributed by atoms with E-state index in [2.05, 4.69) is 6.26 Å². The van der Waals surface area contributed by atoms with Crippen LogP contribution >= 0.6 is 11.8 Å². The molecule has 3 nitrogen and oxygen atoms in total. The van der Waals surface area contributed by atoms with Gasteiger partial charge in [-0.3, -0.25) is 4.79 Å². The van der Waals surface area contributed by atoms with Crippen LogP contribution in [0.4, 0.5) is 0 Å². The molecular weight excluding hydrogens is 172 g/mol. The monoisotopic (exact) mass is 188 g/mol. The van der Waals surface area contributed by atoms with E-state index in [4.69, 9.17) is 5.73 Å². The number of amides is 1. The first-order valence-corrected chi connectivity index (χ1v) is 5.51. The molecule has 1 unspecified atom stereocenters. The maximum absolute atomic E-state index is 11.4. The molecule has 0 aliphatic carbocycles. The average Bonchev–Trinajstić information content (AvgIpc) is 2.50. The van der Waals surface area contributed by atoms with Crippen LogP contribution in [0.3, 0.4) is 0 Å². The number of thioether (sulfide) groups is 1. The molecule has 0 saturated carbocycles. The number of likely N-dealkylation sites (tertiary alicyclic amines) is 1. The van der Waals surface area contributed by atoms with Gasteiger partial charge in [0, 0.05) is 18.3 Å². The SMILES string of the molecule is CSC1CCN(C(=O)[C@@H](C)N)C1. The number of nitrogens with two attached hydrogens (primary N) is 1. The summed E-state index contributed by atoms with van der Waals surface area (Å²) < 4.78 is 0. The molecule has 0 bridgehead atoms. The van der Waals surface area contributed by atoms with Crippen LogP contribution in [0.1, 0.15) is 13.3 Å².